The van der Waals surface area contributed by atoms with E-state index in [0.717, 1.165) is 12.1 Å². The molecule has 0 aliphatic rings. The number of carbonyl (C=O) groups is 1. The molecule has 100 valence electrons. The fourth-order valence-electron chi connectivity index (χ4n) is 1.70. The maximum Gasteiger partial charge on any atom is 0.252 e. The molecule has 0 saturated carbocycles. The number of benzene rings is 1. The second-order valence-corrected chi connectivity index (χ2v) is 4.08. The van der Waals surface area contributed by atoms with E-state index in [-0.39, 0.29) is 22.4 Å². The molecule has 0 atom stereocenters. The monoisotopic (exact) mass is 265 g/mol. The van der Waals surface area contributed by atoms with Gasteiger partial charge < -0.3 is 11.1 Å². The number of hydrogen-bond donors (Lipinski definition) is 2. The molecule has 2 rings (SSSR count). The number of nitrogens with two attached hydrogens (primary N) is 1. The van der Waals surface area contributed by atoms with Gasteiger partial charge in [0.15, 0.2) is 5.82 Å². The molecule has 0 saturated heterocycles. The van der Waals surface area contributed by atoms with Crippen molar-refractivity contribution in [3.8, 4) is 0 Å². The summed E-state index contributed by atoms with van der Waals surface area (Å²) in [6.45, 7) is 0.928. The summed E-state index contributed by atoms with van der Waals surface area (Å²) in [4.78, 5) is 15.6. The Morgan fingerprint density at radius 3 is 2.84 bits per heavy atom. The molecule has 0 bridgehead atoms. The number of hydrogen-bond acceptors (Lipinski definition) is 3. The standard InChI is InChI=1S/C13H13F2N3O/c14-10-5-8-4-9(13(19)17-3-1-2-16)7-18-12(8)11(15)6-10/h4-7H,1-3,16H2,(H,17,19). The third-order valence-corrected chi connectivity index (χ3v) is 2.63. The fraction of sp³-hybridized carbons (Fsp3) is 0.231. The summed E-state index contributed by atoms with van der Waals surface area (Å²) in [6, 6.07) is 3.31. The second-order valence-electron chi connectivity index (χ2n) is 4.08. The summed E-state index contributed by atoms with van der Waals surface area (Å²) in [5, 5.41) is 2.90. The summed E-state index contributed by atoms with van der Waals surface area (Å²) >= 11 is 0. The smallest absolute Gasteiger partial charge is 0.252 e. The number of pyridine rings is 1. The number of amides is 1. The molecule has 1 heterocycles. The van der Waals surface area contributed by atoms with E-state index in [1.165, 1.54) is 12.3 Å². The predicted molar refractivity (Wildman–Crippen MR) is 67.7 cm³/mol. The first-order chi connectivity index (χ1) is 9.11. The molecule has 1 amide bonds. The molecule has 4 nitrogen and oxygen atoms in total. The molecule has 0 aliphatic carbocycles. The molecule has 0 unspecified atom stereocenters. The highest BCUT2D eigenvalue weighted by atomic mass is 19.1. The molecule has 1 aromatic carbocycles. The van der Waals surface area contributed by atoms with Gasteiger partial charge in [0, 0.05) is 24.2 Å². The van der Waals surface area contributed by atoms with Gasteiger partial charge in [0.25, 0.3) is 5.91 Å². The molecular formula is C13H13F2N3O. The molecule has 0 fully saturated rings. The van der Waals surface area contributed by atoms with E-state index in [2.05, 4.69) is 10.3 Å². The summed E-state index contributed by atoms with van der Waals surface area (Å²) in [7, 11) is 0. The molecule has 0 aliphatic heterocycles. The Balaban J connectivity index is 2.28. The third kappa shape index (κ3) is 3.03. The van der Waals surface area contributed by atoms with Crippen molar-refractivity contribution >= 4 is 16.8 Å². The van der Waals surface area contributed by atoms with E-state index in [1.807, 2.05) is 0 Å². The van der Waals surface area contributed by atoms with Crippen LogP contribution in [-0.2, 0) is 0 Å². The average molecular weight is 265 g/mol. The highest BCUT2D eigenvalue weighted by Crippen LogP contribution is 2.18. The van der Waals surface area contributed by atoms with Gasteiger partial charge in [0.1, 0.15) is 11.3 Å². The zero-order chi connectivity index (χ0) is 13.8. The van der Waals surface area contributed by atoms with Crippen LogP contribution in [0.4, 0.5) is 8.78 Å². The first-order valence-electron chi connectivity index (χ1n) is 5.85. The van der Waals surface area contributed by atoms with E-state index in [0.29, 0.717) is 19.5 Å². The van der Waals surface area contributed by atoms with E-state index in [1.54, 1.807) is 0 Å². The minimum Gasteiger partial charge on any atom is -0.352 e. The molecule has 6 heteroatoms. The lowest BCUT2D eigenvalue weighted by Crippen LogP contribution is -2.26. The Morgan fingerprint density at radius 1 is 1.32 bits per heavy atom. The molecule has 19 heavy (non-hydrogen) atoms. The van der Waals surface area contributed by atoms with Crippen LogP contribution in [0.25, 0.3) is 10.9 Å². The lowest BCUT2D eigenvalue weighted by molar-refractivity contribution is 0.0953. The number of rotatable bonds is 4. The molecule has 3 N–H and O–H groups in total. The minimum atomic E-state index is -0.745. The van der Waals surface area contributed by atoms with Crippen molar-refractivity contribution < 1.29 is 13.6 Å². The number of carbonyl (C=O) groups excluding carboxylic acids is 1. The Bertz CT molecular complexity index is 616. The van der Waals surface area contributed by atoms with Gasteiger partial charge in [-0.2, -0.15) is 0 Å². The van der Waals surface area contributed by atoms with Gasteiger partial charge in [-0.05, 0) is 25.1 Å². The summed E-state index contributed by atoms with van der Waals surface area (Å²) in [5.74, 6) is -1.79. The van der Waals surface area contributed by atoms with Crippen LogP contribution in [0.1, 0.15) is 16.8 Å². The average Bonchev–Trinajstić information content (AvgIpc) is 2.38. The number of nitrogens with one attached hydrogen (secondary N) is 1. The SMILES string of the molecule is NCCCNC(=O)c1cnc2c(F)cc(F)cc2c1. The van der Waals surface area contributed by atoms with Crippen molar-refractivity contribution in [3.05, 3.63) is 41.6 Å². The first kappa shape index (κ1) is 13.4. The normalized spacial score (nSPS) is 10.7. The molecule has 1 aromatic heterocycles. The van der Waals surface area contributed by atoms with E-state index < -0.39 is 11.6 Å². The van der Waals surface area contributed by atoms with Crippen LogP contribution < -0.4 is 11.1 Å². The quantitative estimate of drug-likeness (QED) is 0.825. The molecule has 2 aromatic rings. The van der Waals surface area contributed by atoms with Crippen molar-refractivity contribution in [2.24, 2.45) is 5.73 Å². The lowest BCUT2D eigenvalue weighted by atomic mass is 10.1. The van der Waals surface area contributed by atoms with E-state index in [9.17, 15) is 13.6 Å². The van der Waals surface area contributed by atoms with Crippen LogP contribution >= 0.6 is 0 Å². The minimum absolute atomic E-state index is 0.0416. The highest BCUT2D eigenvalue weighted by Gasteiger charge is 2.10. The zero-order valence-corrected chi connectivity index (χ0v) is 10.1. The van der Waals surface area contributed by atoms with Crippen molar-refractivity contribution in [1.82, 2.24) is 10.3 Å². The molecule has 0 spiro atoms. The van der Waals surface area contributed by atoms with E-state index >= 15 is 0 Å². The Kier molecular flexibility index (Phi) is 4.01. The predicted octanol–water partition coefficient (Wildman–Crippen LogP) is 1.59. The van der Waals surface area contributed by atoms with Crippen LogP contribution in [0.3, 0.4) is 0 Å². The van der Waals surface area contributed by atoms with Gasteiger partial charge in [-0.25, -0.2) is 8.78 Å². The van der Waals surface area contributed by atoms with Gasteiger partial charge in [-0.15, -0.1) is 0 Å². The highest BCUT2D eigenvalue weighted by molar-refractivity contribution is 5.97. The fourth-order valence-corrected chi connectivity index (χ4v) is 1.70. The van der Waals surface area contributed by atoms with E-state index in [4.69, 9.17) is 5.73 Å². The lowest BCUT2D eigenvalue weighted by Gasteiger charge is -2.05. The van der Waals surface area contributed by atoms with Gasteiger partial charge in [0.05, 0.1) is 5.56 Å². The zero-order valence-electron chi connectivity index (χ0n) is 10.1. The maximum absolute atomic E-state index is 13.4. The number of aromatic nitrogens is 1. The van der Waals surface area contributed by atoms with Gasteiger partial charge in [0.2, 0.25) is 0 Å². The van der Waals surface area contributed by atoms with Crippen molar-refractivity contribution in [2.75, 3.05) is 13.1 Å². The number of nitrogens with zero attached hydrogens (tertiary/aromatic N) is 1. The summed E-state index contributed by atoms with van der Waals surface area (Å²) in [5.41, 5.74) is 5.61. The van der Waals surface area contributed by atoms with Gasteiger partial charge in [-0.1, -0.05) is 0 Å². The Morgan fingerprint density at radius 2 is 2.11 bits per heavy atom. The largest absolute Gasteiger partial charge is 0.352 e. The van der Waals surface area contributed by atoms with Crippen LogP contribution in [0.2, 0.25) is 0 Å². The van der Waals surface area contributed by atoms with Crippen LogP contribution in [0.5, 0.6) is 0 Å². The second kappa shape index (κ2) is 5.71. The van der Waals surface area contributed by atoms with Gasteiger partial charge in [-0.3, -0.25) is 9.78 Å². The van der Waals surface area contributed by atoms with Crippen molar-refractivity contribution in [1.29, 1.82) is 0 Å². The number of halogens is 2. The van der Waals surface area contributed by atoms with Crippen molar-refractivity contribution in [3.63, 3.8) is 0 Å². The Hall–Kier alpha value is -2.08. The maximum atomic E-state index is 13.4. The van der Waals surface area contributed by atoms with Crippen LogP contribution in [0, 0.1) is 11.6 Å². The topological polar surface area (TPSA) is 68.0 Å². The Labute approximate surface area is 108 Å². The van der Waals surface area contributed by atoms with Gasteiger partial charge >= 0.3 is 0 Å². The summed E-state index contributed by atoms with van der Waals surface area (Å²) < 4.78 is 26.5. The van der Waals surface area contributed by atoms with Crippen LogP contribution in [-0.4, -0.2) is 24.0 Å². The molecular weight excluding hydrogens is 252 g/mol. The molecule has 0 radical (unpaired) electrons. The first-order valence-corrected chi connectivity index (χ1v) is 5.85. The summed E-state index contributed by atoms with van der Waals surface area (Å²) in [6.07, 6.45) is 1.93. The third-order valence-electron chi connectivity index (χ3n) is 2.63. The van der Waals surface area contributed by atoms with Crippen molar-refractivity contribution in [2.45, 2.75) is 6.42 Å². The number of fused-ring (bicyclic) bond motifs is 1. The van der Waals surface area contributed by atoms with Crippen LogP contribution in [0.15, 0.2) is 24.4 Å².